The minimum Gasteiger partial charge on any atom is -0.448 e. The highest BCUT2D eigenvalue weighted by Gasteiger charge is 2.50. The molecule has 3 aromatic rings. The van der Waals surface area contributed by atoms with E-state index in [1.54, 1.807) is 11.1 Å². The predicted octanol–water partition coefficient (Wildman–Crippen LogP) is 4.64. The zero-order valence-electron chi connectivity index (χ0n) is 21.1. The van der Waals surface area contributed by atoms with Gasteiger partial charge in [-0.25, -0.2) is 4.79 Å². The maximum absolute atomic E-state index is 13.4. The first kappa shape index (κ1) is 23.3. The van der Waals surface area contributed by atoms with E-state index in [1.807, 2.05) is 35.1 Å². The Labute approximate surface area is 211 Å². The number of fused-ring (bicyclic) bond motifs is 5. The van der Waals surface area contributed by atoms with Gasteiger partial charge in [-0.15, -0.1) is 0 Å². The quantitative estimate of drug-likeness (QED) is 0.583. The summed E-state index contributed by atoms with van der Waals surface area (Å²) in [6, 6.07) is 16.2. The molecule has 2 unspecified atom stereocenters. The number of aromatic nitrogens is 2. The first-order chi connectivity index (χ1) is 17.2. The normalized spacial score (nSPS) is 25.4. The average Bonchev–Trinajstić information content (AvgIpc) is 3.47. The molecule has 0 radical (unpaired) electrons. The summed E-state index contributed by atoms with van der Waals surface area (Å²) >= 11 is 0. The van der Waals surface area contributed by atoms with Crippen LogP contribution in [0.2, 0.25) is 0 Å². The third kappa shape index (κ3) is 3.82. The molecule has 6 rings (SSSR count). The van der Waals surface area contributed by atoms with E-state index >= 15 is 0 Å². The number of hydrogen-bond acceptors (Lipinski definition) is 5. The Hall–Kier alpha value is -3.16. The van der Waals surface area contributed by atoms with Crippen molar-refractivity contribution in [2.45, 2.75) is 62.8 Å². The van der Waals surface area contributed by atoms with Crippen LogP contribution >= 0.6 is 0 Å². The highest BCUT2D eigenvalue weighted by Crippen LogP contribution is 2.45. The van der Waals surface area contributed by atoms with E-state index in [4.69, 9.17) is 9.47 Å². The summed E-state index contributed by atoms with van der Waals surface area (Å²) in [5.74, 6) is 0.0161. The molecule has 2 saturated heterocycles. The summed E-state index contributed by atoms with van der Waals surface area (Å²) in [5.41, 5.74) is 4.37. The van der Waals surface area contributed by atoms with Gasteiger partial charge in [0, 0.05) is 30.5 Å². The van der Waals surface area contributed by atoms with Crippen molar-refractivity contribution in [3.63, 3.8) is 0 Å². The molecule has 2 fully saturated rings. The number of ether oxygens (including phenoxy) is 2. The smallest absolute Gasteiger partial charge is 0.410 e. The lowest BCUT2D eigenvalue weighted by Crippen LogP contribution is -2.62. The molecular formula is C29H33N3O4. The molecule has 36 heavy (non-hydrogen) atoms. The number of carbonyl (C=O) groups excluding carboxylic acids is 1. The second-order valence-electron chi connectivity index (χ2n) is 11.3. The number of piperidine rings is 1. The lowest BCUT2D eigenvalue weighted by molar-refractivity contribution is -0.136. The lowest BCUT2D eigenvalue weighted by atomic mass is 9.78. The number of hydrogen-bond donors (Lipinski definition) is 1. The number of amides is 1. The number of nitrogens with zero attached hydrogens (tertiary/aromatic N) is 3. The number of benzene rings is 2. The van der Waals surface area contributed by atoms with Gasteiger partial charge in [0.2, 0.25) is 0 Å². The fraction of sp³-hybridized carbons (Fsp3) is 0.448. The van der Waals surface area contributed by atoms with Gasteiger partial charge in [0.25, 0.3) is 0 Å². The van der Waals surface area contributed by atoms with Crippen LogP contribution in [0.3, 0.4) is 0 Å². The van der Waals surface area contributed by atoms with Crippen LogP contribution < -0.4 is 0 Å². The fourth-order valence-electron chi connectivity index (χ4n) is 6.11. The van der Waals surface area contributed by atoms with Crippen LogP contribution in [0.4, 0.5) is 4.79 Å². The molecule has 1 aromatic heterocycles. The molecule has 1 amide bonds. The van der Waals surface area contributed by atoms with Crippen molar-refractivity contribution in [3.8, 4) is 11.1 Å². The van der Waals surface area contributed by atoms with Gasteiger partial charge in [0.1, 0.15) is 6.61 Å². The molecule has 188 valence electrons. The molecule has 2 aliphatic heterocycles. The van der Waals surface area contributed by atoms with E-state index in [9.17, 15) is 9.90 Å². The van der Waals surface area contributed by atoms with Crippen molar-refractivity contribution in [2.24, 2.45) is 0 Å². The van der Waals surface area contributed by atoms with Crippen molar-refractivity contribution >= 4 is 6.09 Å². The van der Waals surface area contributed by atoms with Crippen molar-refractivity contribution in [1.82, 2.24) is 14.7 Å². The van der Waals surface area contributed by atoms with Gasteiger partial charge in [0.15, 0.2) is 0 Å². The minimum atomic E-state index is -1.05. The van der Waals surface area contributed by atoms with E-state index < -0.39 is 5.60 Å². The molecule has 1 N–H and O–H groups in total. The van der Waals surface area contributed by atoms with Crippen molar-refractivity contribution < 1.29 is 19.4 Å². The maximum Gasteiger partial charge on any atom is 0.410 e. The largest absolute Gasteiger partial charge is 0.448 e. The topological polar surface area (TPSA) is 76.8 Å². The Kier molecular flexibility index (Phi) is 5.46. The SMILES string of the molecule is CC(C)(C)n1cc(C2(O)CC3COCC(C2)N3C(=O)OCC2c3ccccc3-c3ccccc32)cn1. The molecule has 3 aliphatic rings. The third-order valence-electron chi connectivity index (χ3n) is 7.91. The summed E-state index contributed by atoms with van der Waals surface area (Å²) in [5, 5.41) is 16.1. The Balaban J connectivity index is 1.19. The van der Waals surface area contributed by atoms with Gasteiger partial charge < -0.3 is 14.6 Å². The molecule has 0 saturated carbocycles. The van der Waals surface area contributed by atoms with Gasteiger partial charge in [-0.2, -0.15) is 5.10 Å². The first-order valence-electron chi connectivity index (χ1n) is 12.7. The molecule has 3 heterocycles. The number of morpholine rings is 1. The van der Waals surface area contributed by atoms with Crippen LogP contribution in [-0.4, -0.2) is 57.8 Å². The van der Waals surface area contributed by atoms with Gasteiger partial charge in [0.05, 0.1) is 42.6 Å². The highest BCUT2D eigenvalue weighted by atomic mass is 16.6. The molecule has 2 atom stereocenters. The molecule has 1 aliphatic carbocycles. The standard InChI is InChI=1S/C29H33N3O4/c1-28(2,3)31-15-19(14-30-31)29(34)12-20-16-35-17-21(13-29)32(20)27(33)36-18-26-24-10-6-4-8-22(24)23-9-5-7-11-25(23)26/h4-11,14-15,20-21,26,34H,12-13,16-18H2,1-3H3. The minimum absolute atomic E-state index is 0.0161. The number of carbonyl (C=O) groups is 1. The Bertz CT molecular complexity index is 1230. The van der Waals surface area contributed by atoms with Gasteiger partial charge in [-0.05, 0) is 43.0 Å². The van der Waals surface area contributed by atoms with E-state index in [0.717, 1.165) is 5.56 Å². The van der Waals surface area contributed by atoms with Crippen LogP contribution in [-0.2, 0) is 20.6 Å². The van der Waals surface area contributed by atoms with Crippen LogP contribution in [0.5, 0.6) is 0 Å². The molecule has 7 nitrogen and oxygen atoms in total. The van der Waals surface area contributed by atoms with Gasteiger partial charge >= 0.3 is 6.09 Å². The van der Waals surface area contributed by atoms with Crippen LogP contribution in [0, 0.1) is 0 Å². The molecule has 2 bridgehead atoms. The Morgan fingerprint density at radius 1 is 1.06 bits per heavy atom. The second-order valence-corrected chi connectivity index (χ2v) is 11.3. The van der Waals surface area contributed by atoms with Gasteiger partial charge in [-0.1, -0.05) is 48.5 Å². The average molecular weight is 488 g/mol. The number of rotatable bonds is 3. The van der Waals surface area contributed by atoms with Crippen LogP contribution in [0.25, 0.3) is 11.1 Å². The second kappa shape index (κ2) is 8.46. The fourth-order valence-corrected chi connectivity index (χ4v) is 6.11. The molecule has 7 heteroatoms. The van der Waals surface area contributed by atoms with E-state index in [2.05, 4.69) is 50.1 Å². The summed E-state index contributed by atoms with van der Waals surface area (Å²) in [6.45, 7) is 7.29. The van der Waals surface area contributed by atoms with Crippen molar-refractivity contribution in [3.05, 3.63) is 77.6 Å². The summed E-state index contributed by atoms with van der Waals surface area (Å²) in [4.78, 5) is 15.2. The third-order valence-corrected chi connectivity index (χ3v) is 7.91. The van der Waals surface area contributed by atoms with Crippen LogP contribution in [0.1, 0.15) is 56.2 Å². The molecule has 0 spiro atoms. The Morgan fingerprint density at radius 3 is 2.19 bits per heavy atom. The van der Waals surface area contributed by atoms with Crippen LogP contribution in [0.15, 0.2) is 60.9 Å². The van der Waals surface area contributed by atoms with E-state index in [-0.39, 0.29) is 36.2 Å². The predicted molar refractivity (Wildman–Crippen MR) is 136 cm³/mol. The molecule has 2 aromatic carbocycles. The van der Waals surface area contributed by atoms with E-state index in [0.29, 0.717) is 26.1 Å². The highest BCUT2D eigenvalue weighted by molar-refractivity contribution is 5.79. The summed E-state index contributed by atoms with van der Waals surface area (Å²) < 4.78 is 13.6. The van der Waals surface area contributed by atoms with E-state index in [1.165, 1.54) is 22.3 Å². The summed E-state index contributed by atoms with van der Waals surface area (Å²) in [7, 11) is 0. The zero-order chi connectivity index (χ0) is 25.1. The Morgan fingerprint density at radius 2 is 1.64 bits per heavy atom. The summed E-state index contributed by atoms with van der Waals surface area (Å²) in [6.07, 6.45) is 4.14. The number of aliphatic hydroxyl groups is 1. The monoisotopic (exact) mass is 487 g/mol. The van der Waals surface area contributed by atoms with Gasteiger partial charge in [-0.3, -0.25) is 9.58 Å². The van der Waals surface area contributed by atoms with Crippen molar-refractivity contribution in [2.75, 3.05) is 19.8 Å². The first-order valence-corrected chi connectivity index (χ1v) is 12.7. The lowest BCUT2D eigenvalue weighted by Gasteiger charge is -2.50. The molecular weight excluding hydrogens is 454 g/mol. The van der Waals surface area contributed by atoms with Crippen molar-refractivity contribution in [1.29, 1.82) is 0 Å². The maximum atomic E-state index is 13.4. The zero-order valence-corrected chi connectivity index (χ0v) is 21.1.